The Hall–Kier alpha value is -1.48. The number of hydrogen-bond acceptors (Lipinski definition) is 4. The zero-order valence-electron chi connectivity index (χ0n) is 16.7. The molecular formula is C20H29ClIN5O. The van der Waals surface area contributed by atoms with Gasteiger partial charge in [0, 0.05) is 38.3 Å². The van der Waals surface area contributed by atoms with Gasteiger partial charge in [-0.15, -0.1) is 24.0 Å². The van der Waals surface area contributed by atoms with Crippen molar-refractivity contribution >= 4 is 47.2 Å². The highest BCUT2D eigenvalue weighted by Gasteiger charge is 2.22. The number of anilines is 1. The smallest absolute Gasteiger partial charge is 0.191 e. The SMILES string of the molecule is CN=C(NCCc1c(C)noc1C)NC1CCCN(c2ccccc2Cl)C1.I. The lowest BCUT2D eigenvalue weighted by atomic mass is 10.0. The number of nitrogens with zero attached hydrogens (tertiary/aromatic N) is 3. The van der Waals surface area contributed by atoms with Crippen molar-refractivity contribution in [3.05, 3.63) is 46.3 Å². The molecule has 2 aromatic rings. The van der Waals surface area contributed by atoms with E-state index in [0.717, 1.165) is 67.0 Å². The molecule has 154 valence electrons. The summed E-state index contributed by atoms with van der Waals surface area (Å²) in [4.78, 5) is 6.72. The predicted molar refractivity (Wildman–Crippen MR) is 126 cm³/mol. The molecule has 1 aromatic heterocycles. The van der Waals surface area contributed by atoms with E-state index >= 15 is 0 Å². The van der Waals surface area contributed by atoms with Gasteiger partial charge in [-0.25, -0.2) is 0 Å². The zero-order valence-corrected chi connectivity index (χ0v) is 19.8. The van der Waals surface area contributed by atoms with Gasteiger partial charge in [0.05, 0.1) is 16.4 Å². The summed E-state index contributed by atoms with van der Waals surface area (Å²) in [5.74, 6) is 1.72. The maximum absolute atomic E-state index is 6.37. The number of benzene rings is 1. The van der Waals surface area contributed by atoms with Crippen molar-refractivity contribution in [3.8, 4) is 0 Å². The number of hydrogen-bond donors (Lipinski definition) is 2. The molecule has 1 aliphatic rings. The average molecular weight is 518 g/mol. The second kappa shape index (κ2) is 10.9. The molecule has 0 spiro atoms. The maximum atomic E-state index is 6.37. The summed E-state index contributed by atoms with van der Waals surface area (Å²) in [5.41, 5.74) is 3.23. The fraction of sp³-hybridized carbons (Fsp3) is 0.500. The van der Waals surface area contributed by atoms with Crippen molar-refractivity contribution in [3.63, 3.8) is 0 Å². The lowest BCUT2D eigenvalue weighted by Crippen LogP contribution is -2.51. The first-order valence-corrected chi connectivity index (χ1v) is 9.84. The summed E-state index contributed by atoms with van der Waals surface area (Å²) in [5, 5.41) is 11.8. The molecule has 1 unspecified atom stereocenters. The average Bonchev–Trinajstić information content (AvgIpc) is 2.99. The summed E-state index contributed by atoms with van der Waals surface area (Å²) < 4.78 is 5.22. The van der Waals surface area contributed by atoms with Gasteiger partial charge in [-0.3, -0.25) is 4.99 Å². The number of halogens is 2. The van der Waals surface area contributed by atoms with E-state index in [1.807, 2.05) is 32.0 Å². The molecule has 1 saturated heterocycles. The van der Waals surface area contributed by atoms with Crippen LogP contribution in [0.15, 0.2) is 33.8 Å². The Labute approximate surface area is 189 Å². The van der Waals surface area contributed by atoms with Gasteiger partial charge in [0.15, 0.2) is 5.96 Å². The van der Waals surface area contributed by atoms with Crippen LogP contribution in [0.2, 0.25) is 5.02 Å². The Morgan fingerprint density at radius 2 is 2.14 bits per heavy atom. The van der Waals surface area contributed by atoms with E-state index in [-0.39, 0.29) is 24.0 Å². The van der Waals surface area contributed by atoms with E-state index in [4.69, 9.17) is 16.1 Å². The number of aryl methyl sites for hydroxylation is 2. The van der Waals surface area contributed by atoms with Gasteiger partial charge in [-0.1, -0.05) is 28.9 Å². The van der Waals surface area contributed by atoms with Crippen LogP contribution in [0.1, 0.15) is 29.9 Å². The molecule has 3 rings (SSSR count). The number of rotatable bonds is 5. The van der Waals surface area contributed by atoms with Gasteiger partial charge >= 0.3 is 0 Å². The molecule has 1 atom stereocenters. The Kier molecular flexibility index (Phi) is 8.88. The molecule has 0 aliphatic carbocycles. The second-order valence-electron chi connectivity index (χ2n) is 6.93. The zero-order chi connectivity index (χ0) is 19.2. The second-order valence-corrected chi connectivity index (χ2v) is 7.34. The first kappa shape index (κ1) is 22.8. The van der Waals surface area contributed by atoms with E-state index in [1.54, 1.807) is 7.05 Å². The number of guanidine groups is 1. The topological polar surface area (TPSA) is 65.7 Å². The van der Waals surface area contributed by atoms with E-state index in [9.17, 15) is 0 Å². The van der Waals surface area contributed by atoms with Gasteiger partial charge in [0.25, 0.3) is 0 Å². The molecular weight excluding hydrogens is 489 g/mol. The van der Waals surface area contributed by atoms with Gasteiger partial charge in [-0.05, 0) is 45.2 Å². The van der Waals surface area contributed by atoms with Gasteiger partial charge < -0.3 is 20.1 Å². The first-order valence-electron chi connectivity index (χ1n) is 9.47. The highest BCUT2D eigenvalue weighted by Crippen LogP contribution is 2.27. The van der Waals surface area contributed by atoms with Crippen LogP contribution in [-0.4, -0.2) is 43.8 Å². The van der Waals surface area contributed by atoms with Crippen molar-refractivity contribution in [2.24, 2.45) is 4.99 Å². The summed E-state index contributed by atoms with van der Waals surface area (Å²) >= 11 is 6.37. The van der Waals surface area contributed by atoms with Crippen LogP contribution < -0.4 is 15.5 Å². The van der Waals surface area contributed by atoms with Crippen LogP contribution in [0.3, 0.4) is 0 Å². The highest BCUT2D eigenvalue weighted by molar-refractivity contribution is 14.0. The molecule has 1 aromatic carbocycles. The molecule has 6 nitrogen and oxygen atoms in total. The monoisotopic (exact) mass is 517 g/mol. The molecule has 8 heteroatoms. The molecule has 2 heterocycles. The molecule has 1 aliphatic heterocycles. The lowest BCUT2D eigenvalue weighted by molar-refractivity contribution is 0.392. The molecule has 1 fully saturated rings. The molecule has 0 amide bonds. The van der Waals surface area contributed by atoms with E-state index in [1.165, 1.54) is 5.56 Å². The molecule has 0 radical (unpaired) electrons. The van der Waals surface area contributed by atoms with Crippen molar-refractivity contribution in [2.45, 2.75) is 39.2 Å². The molecule has 0 saturated carbocycles. The number of para-hydroxylation sites is 1. The minimum Gasteiger partial charge on any atom is -0.368 e. The number of aromatic nitrogens is 1. The van der Waals surface area contributed by atoms with Crippen LogP contribution in [0, 0.1) is 13.8 Å². The standard InChI is InChI=1S/C20H28ClN5O.HI/c1-14-17(15(2)27-25-14)10-11-23-20(22-3)24-16-7-6-12-26(13-16)19-9-5-4-8-18(19)21;/h4-5,8-9,16H,6-7,10-13H2,1-3H3,(H2,22,23,24);1H. The third kappa shape index (κ3) is 5.76. The fourth-order valence-corrected chi connectivity index (χ4v) is 3.83. The van der Waals surface area contributed by atoms with Crippen LogP contribution in [0.25, 0.3) is 0 Å². The van der Waals surface area contributed by atoms with Crippen molar-refractivity contribution in [1.29, 1.82) is 0 Å². The number of nitrogens with one attached hydrogen (secondary N) is 2. The van der Waals surface area contributed by atoms with Gasteiger partial charge in [-0.2, -0.15) is 0 Å². The predicted octanol–water partition coefficient (Wildman–Crippen LogP) is 3.94. The summed E-state index contributed by atoms with van der Waals surface area (Å²) in [6, 6.07) is 8.37. The van der Waals surface area contributed by atoms with Crippen LogP contribution in [0.5, 0.6) is 0 Å². The fourth-order valence-electron chi connectivity index (χ4n) is 3.57. The Bertz CT molecular complexity index is 775. The van der Waals surface area contributed by atoms with E-state index < -0.39 is 0 Å². The quantitative estimate of drug-likeness (QED) is 0.357. The molecule has 28 heavy (non-hydrogen) atoms. The maximum Gasteiger partial charge on any atom is 0.191 e. The van der Waals surface area contributed by atoms with Crippen LogP contribution in [-0.2, 0) is 6.42 Å². The molecule has 0 bridgehead atoms. The van der Waals surface area contributed by atoms with Gasteiger partial charge in [0.1, 0.15) is 5.76 Å². The number of aliphatic imine (C=N–C) groups is 1. The minimum atomic E-state index is 0. The summed E-state index contributed by atoms with van der Waals surface area (Å²) in [6.45, 7) is 6.65. The van der Waals surface area contributed by atoms with Crippen molar-refractivity contribution < 1.29 is 4.52 Å². The first-order chi connectivity index (χ1) is 13.1. The Morgan fingerprint density at radius 3 is 2.82 bits per heavy atom. The number of piperidine rings is 1. The van der Waals surface area contributed by atoms with Crippen molar-refractivity contribution in [2.75, 3.05) is 31.6 Å². The Balaban J connectivity index is 0.00000280. The third-order valence-electron chi connectivity index (χ3n) is 5.03. The normalized spacial score (nSPS) is 17.2. The largest absolute Gasteiger partial charge is 0.368 e. The summed E-state index contributed by atoms with van der Waals surface area (Å²) in [7, 11) is 1.81. The van der Waals surface area contributed by atoms with E-state index in [0.29, 0.717) is 6.04 Å². The third-order valence-corrected chi connectivity index (χ3v) is 5.35. The van der Waals surface area contributed by atoms with E-state index in [2.05, 4.69) is 31.7 Å². The van der Waals surface area contributed by atoms with Crippen LogP contribution >= 0.6 is 35.6 Å². The Morgan fingerprint density at radius 1 is 1.36 bits per heavy atom. The lowest BCUT2D eigenvalue weighted by Gasteiger charge is -2.35. The van der Waals surface area contributed by atoms with Gasteiger partial charge in [0.2, 0.25) is 0 Å². The van der Waals surface area contributed by atoms with Crippen LogP contribution in [0.4, 0.5) is 5.69 Å². The molecule has 2 N–H and O–H groups in total. The highest BCUT2D eigenvalue weighted by atomic mass is 127. The van der Waals surface area contributed by atoms with Crippen molar-refractivity contribution in [1.82, 2.24) is 15.8 Å². The minimum absolute atomic E-state index is 0. The summed E-state index contributed by atoms with van der Waals surface area (Å²) in [6.07, 6.45) is 3.10.